The summed E-state index contributed by atoms with van der Waals surface area (Å²) in [6, 6.07) is 15.9. The highest BCUT2D eigenvalue weighted by Gasteiger charge is 2.26. The number of aliphatic hydroxyl groups excluding tert-OH is 1. The van der Waals surface area contributed by atoms with E-state index in [1.54, 1.807) is 43.5 Å². The van der Waals surface area contributed by atoms with E-state index in [0.29, 0.717) is 16.9 Å². The van der Waals surface area contributed by atoms with E-state index in [1.807, 2.05) is 18.2 Å². The van der Waals surface area contributed by atoms with Gasteiger partial charge in [-0.3, -0.25) is 4.79 Å². The number of ether oxygens (including phenoxy) is 1. The maximum Gasteiger partial charge on any atom is 0.179 e. The van der Waals surface area contributed by atoms with E-state index in [0.717, 1.165) is 0 Å². The number of Topliss-reactive ketones (excluding diaryl/α,β-unsaturated/α-hetero) is 1. The minimum absolute atomic E-state index is 0.163. The van der Waals surface area contributed by atoms with Gasteiger partial charge in [-0.1, -0.05) is 46.3 Å². The second-order valence-corrected chi connectivity index (χ2v) is 5.34. The Morgan fingerprint density at radius 2 is 1.70 bits per heavy atom. The van der Waals surface area contributed by atoms with Gasteiger partial charge in [0, 0.05) is 5.56 Å². The van der Waals surface area contributed by atoms with Crippen LogP contribution in [0, 0.1) is 0 Å². The SMILES string of the molecule is COc1ccc(C(=O)[C@H](Br)[C@H](O)c2ccccc2)cc1. The second-order valence-electron chi connectivity index (χ2n) is 4.35. The minimum Gasteiger partial charge on any atom is -0.497 e. The molecule has 2 atom stereocenters. The third kappa shape index (κ3) is 3.26. The molecule has 0 aliphatic heterocycles. The lowest BCUT2D eigenvalue weighted by atomic mass is 10.00. The first-order valence-corrected chi connectivity index (χ1v) is 7.10. The number of hydrogen-bond acceptors (Lipinski definition) is 3. The van der Waals surface area contributed by atoms with Gasteiger partial charge in [0.1, 0.15) is 10.6 Å². The predicted molar refractivity (Wildman–Crippen MR) is 81.4 cm³/mol. The van der Waals surface area contributed by atoms with Crippen molar-refractivity contribution < 1.29 is 14.6 Å². The molecule has 0 radical (unpaired) electrons. The van der Waals surface area contributed by atoms with Gasteiger partial charge in [-0.05, 0) is 29.8 Å². The number of carbonyl (C=O) groups excluding carboxylic acids is 1. The van der Waals surface area contributed by atoms with Crippen molar-refractivity contribution in [2.24, 2.45) is 0 Å². The molecule has 0 bridgehead atoms. The summed E-state index contributed by atoms with van der Waals surface area (Å²) < 4.78 is 5.05. The molecule has 0 aliphatic rings. The first-order valence-electron chi connectivity index (χ1n) is 6.19. The fourth-order valence-corrected chi connectivity index (χ4v) is 2.45. The van der Waals surface area contributed by atoms with Crippen LogP contribution in [0.2, 0.25) is 0 Å². The van der Waals surface area contributed by atoms with Crippen LogP contribution in [0.4, 0.5) is 0 Å². The van der Waals surface area contributed by atoms with Crippen molar-refractivity contribution in [3.05, 3.63) is 65.7 Å². The Labute approximate surface area is 126 Å². The van der Waals surface area contributed by atoms with Crippen LogP contribution >= 0.6 is 15.9 Å². The van der Waals surface area contributed by atoms with E-state index < -0.39 is 10.9 Å². The topological polar surface area (TPSA) is 46.5 Å². The Hall–Kier alpha value is -1.65. The third-order valence-corrected chi connectivity index (χ3v) is 3.96. The van der Waals surface area contributed by atoms with Gasteiger partial charge in [-0.25, -0.2) is 0 Å². The molecule has 1 N–H and O–H groups in total. The van der Waals surface area contributed by atoms with Crippen LogP contribution in [-0.4, -0.2) is 22.8 Å². The Morgan fingerprint density at radius 3 is 2.25 bits per heavy atom. The Bertz CT molecular complexity index is 566. The zero-order valence-electron chi connectivity index (χ0n) is 11.0. The predicted octanol–water partition coefficient (Wildman–Crippen LogP) is 3.38. The zero-order chi connectivity index (χ0) is 14.5. The summed E-state index contributed by atoms with van der Waals surface area (Å²) in [6.45, 7) is 0. The van der Waals surface area contributed by atoms with Gasteiger partial charge in [0.15, 0.2) is 5.78 Å². The lowest BCUT2D eigenvalue weighted by Crippen LogP contribution is -2.22. The molecule has 0 spiro atoms. The number of halogens is 1. The van der Waals surface area contributed by atoms with Gasteiger partial charge in [0.25, 0.3) is 0 Å². The largest absolute Gasteiger partial charge is 0.497 e. The Kier molecular flexibility index (Phi) is 4.93. The minimum atomic E-state index is -0.884. The molecule has 0 heterocycles. The number of ketones is 1. The summed E-state index contributed by atoms with van der Waals surface area (Å²) in [5.41, 5.74) is 1.24. The highest BCUT2D eigenvalue weighted by Crippen LogP contribution is 2.26. The summed E-state index contributed by atoms with van der Waals surface area (Å²) in [5, 5.41) is 10.2. The zero-order valence-corrected chi connectivity index (χ0v) is 12.6. The lowest BCUT2D eigenvalue weighted by molar-refractivity contribution is 0.0902. The molecule has 0 aromatic heterocycles. The lowest BCUT2D eigenvalue weighted by Gasteiger charge is -2.16. The van der Waals surface area contributed by atoms with Gasteiger partial charge < -0.3 is 9.84 Å². The van der Waals surface area contributed by atoms with Crippen LogP contribution in [0.15, 0.2) is 54.6 Å². The van der Waals surface area contributed by atoms with Gasteiger partial charge in [-0.2, -0.15) is 0 Å². The smallest absolute Gasteiger partial charge is 0.179 e. The van der Waals surface area contributed by atoms with Crippen LogP contribution < -0.4 is 4.74 Å². The van der Waals surface area contributed by atoms with Gasteiger partial charge in [0.2, 0.25) is 0 Å². The molecular weight excluding hydrogens is 320 g/mol. The quantitative estimate of drug-likeness (QED) is 0.673. The monoisotopic (exact) mass is 334 g/mol. The normalized spacial score (nSPS) is 13.6. The van der Waals surface area contributed by atoms with E-state index in [9.17, 15) is 9.90 Å². The maximum absolute atomic E-state index is 12.3. The summed E-state index contributed by atoms with van der Waals surface area (Å²) in [6.07, 6.45) is -0.884. The van der Waals surface area contributed by atoms with Crippen molar-refractivity contribution in [3.63, 3.8) is 0 Å². The average Bonchev–Trinajstić information content (AvgIpc) is 2.53. The number of aliphatic hydroxyl groups is 1. The molecule has 0 fully saturated rings. The van der Waals surface area contributed by atoms with E-state index in [1.165, 1.54) is 0 Å². The van der Waals surface area contributed by atoms with Crippen molar-refractivity contribution in [2.75, 3.05) is 7.11 Å². The van der Waals surface area contributed by atoms with Gasteiger partial charge >= 0.3 is 0 Å². The van der Waals surface area contributed by atoms with Crippen LogP contribution in [0.3, 0.4) is 0 Å². The van der Waals surface area contributed by atoms with Gasteiger partial charge in [0.05, 0.1) is 13.2 Å². The van der Waals surface area contributed by atoms with E-state index in [4.69, 9.17) is 4.74 Å². The molecule has 0 aliphatic carbocycles. The fraction of sp³-hybridized carbons (Fsp3) is 0.188. The van der Waals surface area contributed by atoms with Crippen LogP contribution in [0.5, 0.6) is 5.75 Å². The highest BCUT2D eigenvalue weighted by molar-refractivity contribution is 9.10. The first-order chi connectivity index (χ1) is 9.63. The third-order valence-electron chi connectivity index (χ3n) is 3.04. The van der Waals surface area contributed by atoms with Gasteiger partial charge in [-0.15, -0.1) is 0 Å². The fourth-order valence-electron chi connectivity index (χ4n) is 1.88. The molecule has 0 unspecified atom stereocenters. The first kappa shape index (κ1) is 14.8. The summed E-state index contributed by atoms with van der Waals surface area (Å²) in [7, 11) is 1.57. The highest BCUT2D eigenvalue weighted by atomic mass is 79.9. The van der Waals surface area contributed by atoms with Crippen molar-refractivity contribution in [3.8, 4) is 5.75 Å². The van der Waals surface area contributed by atoms with Crippen molar-refractivity contribution >= 4 is 21.7 Å². The second kappa shape index (κ2) is 6.68. The number of methoxy groups -OCH3 is 1. The summed E-state index contributed by atoms with van der Waals surface area (Å²) in [4.78, 5) is 11.6. The molecular formula is C16H15BrO3. The van der Waals surface area contributed by atoms with Crippen LogP contribution in [-0.2, 0) is 0 Å². The van der Waals surface area contributed by atoms with E-state index in [-0.39, 0.29) is 5.78 Å². The molecule has 20 heavy (non-hydrogen) atoms. The molecule has 4 heteroatoms. The standard InChI is InChI=1S/C16H15BrO3/c1-20-13-9-7-12(8-10-13)16(19)14(17)15(18)11-5-3-2-4-6-11/h2-10,14-15,18H,1H3/t14-,15-/m1/s1. The number of rotatable bonds is 5. The number of benzene rings is 2. The van der Waals surface area contributed by atoms with E-state index >= 15 is 0 Å². The maximum atomic E-state index is 12.3. The molecule has 104 valence electrons. The molecule has 2 aromatic rings. The molecule has 0 saturated heterocycles. The van der Waals surface area contributed by atoms with Crippen molar-refractivity contribution in [1.29, 1.82) is 0 Å². The molecule has 0 saturated carbocycles. The van der Waals surface area contributed by atoms with Crippen molar-refractivity contribution in [2.45, 2.75) is 10.9 Å². The molecule has 3 nitrogen and oxygen atoms in total. The molecule has 2 rings (SSSR count). The Morgan fingerprint density at radius 1 is 1.10 bits per heavy atom. The summed E-state index contributed by atoms with van der Waals surface area (Å²) >= 11 is 3.29. The Balaban J connectivity index is 2.15. The van der Waals surface area contributed by atoms with Crippen molar-refractivity contribution in [1.82, 2.24) is 0 Å². The van der Waals surface area contributed by atoms with Crippen LogP contribution in [0.25, 0.3) is 0 Å². The molecule has 2 aromatic carbocycles. The van der Waals surface area contributed by atoms with Crippen LogP contribution in [0.1, 0.15) is 22.0 Å². The van der Waals surface area contributed by atoms with E-state index in [2.05, 4.69) is 15.9 Å². The number of hydrogen-bond donors (Lipinski definition) is 1. The molecule has 0 amide bonds. The number of carbonyl (C=O) groups is 1. The number of alkyl halides is 1. The summed E-state index contributed by atoms with van der Waals surface area (Å²) in [5.74, 6) is 0.528. The average molecular weight is 335 g/mol.